The van der Waals surface area contributed by atoms with Crippen LogP contribution in [0, 0.1) is 0 Å². The Kier molecular flexibility index (Phi) is 5.52. The van der Waals surface area contributed by atoms with Gasteiger partial charge in [0.1, 0.15) is 5.82 Å². The third-order valence-electron chi connectivity index (χ3n) is 2.62. The number of pyridine rings is 1. The van der Waals surface area contributed by atoms with Crippen molar-refractivity contribution in [3.05, 3.63) is 18.3 Å². The van der Waals surface area contributed by atoms with Gasteiger partial charge in [0.25, 0.3) is 0 Å². The van der Waals surface area contributed by atoms with Gasteiger partial charge in [-0.15, -0.1) is 0 Å². The Morgan fingerprint density at radius 2 is 2.17 bits per heavy atom. The Morgan fingerprint density at radius 3 is 2.78 bits per heavy atom. The number of rotatable bonds is 7. The normalized spacial score (nSPS) is 11.8. The van der Waals surface area contributed by atoms with E-state index in [9.17, 15) is 8.42 Å². The maximum Gasteiger partial charge on any atom is 0.240 e. The predicted octanol–water partition coefficient (Wildman–Crippen LogP) is 0.353. The van der Waals surface area contributed by atoms with E-state index in [2.05, 4.69) is 15.0 Å². The number of nitrogens with one attached hydrogen (secondary N) is 2. The average Bonchev–Trinajstić information content (AvgIpc) is 2.38. The molecule has 0 saturated heterocycles. The van der Waals surface area contributed by atoms with Gasteiger partial charge in [0.05, 0.1) is 4.90 Å². The number of nitrogens with zero attached hydrogens (tertiary/aromatic N) is 2. The molecule has 6 nitrogen and oxygen atoms in total. The smallest absolute Gasteiger partial charge is 0.240 e. The van der Waals surface area contributed by atoms with E-state index in [1.165, 1.54) is 18.3 Å². The van der Waals surface area contributed by atoms with E-state index in [1.807, 2.05) is 18.9 Å². The van der Waals surface area contributed by atoms with Crippen LogP contribution in [0.15, 0.2) is 23.2 Å². The van der Waals surface area contributed by atoms with E-state index in [4.69, 9.17) is 0 Å². The maximum absolute atomic E-state index is 12.0. The van der Waals surface area contributed by atoms with Gasteiger partial charge in [-0.25, -0.2) is 18.1 Å². The highest BCUT2D eigenvalue weighted by Crippen LogP contribution is 2.11. The zero-order valence-corrected chi connectivity index (χ0v) is 11.8. The van der Waals surface area contributed by atoms with Crippen molar-refractivity contribution in [2.45, 2.75) is 11.8 Å². The van der Waals surface area contributed by atoms with E-state index in [0.29, 0.717) is 18.9 Å². The molecule has 1 aromatic rings. The summed E-state index contributed by atoms with van der Waals surface area (Å²) in [5.74, 6) is 0.531. The summed E-state index contributed by atoms with van der Waals surface area (Å²) in [6.45, 7) is 3.99. The molecule has 18 heavy (non-hydrogen) atoms. The summed E-state index contributed by atoms with van der Waals surface area (Å²) >= 11 is 0. The monoisotopic (exact) mass is 272 g/mol. The first-order valence-electron chi connectivity index (χ1n) is 5.81. The van der Waals surface area contributed by atoms with Crippen molar-refractivity contribution >= 4 is 15.8 Å². The number of sulfonamides is 1. The van der Waals surface area contributed by atoms with Crippen molar-refractivity contribution in [2.75, 3.05) is 39.0 Å². The SMILES string of the molecule is CCN(C)CCNS(=O)(=O)c1ccnc(NC)c1. The van der Waals surface area contributed by atoms with Crippen LogP contribution in [0.25, 0.3) is 0 Å². The molecule has 0 aliphatic rings. The molecular formula is C11H20N4O2S. The molecule has 0 fully saturated rings. The minimum atomic E-state index is -3.45. The number of likely N-dealkylation sites (N-methyl/N-ethyl adjacent to an activating group) is 1. The molecule has 0 unspecified atom stereocenters. The van der Waals surface area contributed by atoms with Crippen LogP contribution < -0.4 is 10.0 Å². The van der Waals surface area contributed by atoms with Crippen LogP contribution in [0.2, 0.25) is 0 Å². The summed E-state index contributed by atoms with van der Waals surface area (Å²) in [4.78, 5) is 6.24. The van der Waals surface area contributed by atoms with Crippen LogP contribution in [0.3, 0.4) is 0 Å². The Bertz CT molecular complexity index is 476. The fourth-order valence-electron chi connectivity index (χ4n) is 1.33. The van der Waals surface area contributed by atoms with Gasteiger partial charge in [0.2, 0.25) is 10.0 Å². The molecule has 0 radical (unpaired) electrons. The number of aromatic nitrogens is 1. The molecule has 0 amide bonds. The first-order chi connectivity index (χ1) is 8.49. The second-order valence-corrected chi connectivity index (χ2v) is 5.69. The standard InChI is InChI=1S/C11H20N4O2S/c1-4-15(3)8-7-14-18(16,17)10-5-6-13-11(9-10)12-2/h5-6,9,14H,4,7-8H2,1-3H3,(H,12,13). The Labute approximate surface area is 108 Å². The summed E-state index contributed by atoms with van der Waals surface area (Å²) in [7, 11) is 0.188. The number of hydrogen-bond donors (Lipinski definition) is 2. The zero-order valence-electron chi connectivity index (χ0n) is 11.0. The van der Waals surface area contributed by atoms with Crippen LogP contribution in [0.5, 0.6) is 0 Å². The first kappa shape index (κ1) is 14.9. The second kappa shape index (κ2) is 6.67. The van der Waals surface area contributed by atoms with Gasteiger partial charge in [-0.05, 0) is 19.7 Å². The van der Waals surface area contributed by atoms with Crippen molar-refractivity contribution < 1.29 is 8.42 Å². The molecule has 0 aromatic carbocycles. The summed E-state index contributed by atoms with van der Waals surface area (Å²) in [5.41, 5.74) is 0. The highest BCUT2D eigenvalue weighted by Gasteiger charge is 2.14. The molecule has 0 aliphatic carbocycles. The summed E-state index contributed by atoms with van der Waals surface area (Å²) < 4.78 is 26.5. The Hall–Kier alpha value is -1.18. The van der Waals surface area contributed by atoms with Crippen molar-refractivity contribution in [3.63, 3.8) is 0 Å². The van der Waals surface area contributed by atoms with Gasteiger partial charge >= 0.3 is 0 Å². The van der Waals surface area contributed by atoms with Crippen molar-refractivity contribution in [3.8, 4) is 0 Å². The van der Waals surface area contributed by atoms with Crippen LogP contribution >= 0.6 is 0 Å². The lowest BCUT2D eigenvalue weighted by Gasteiger charge is -2.14. The maximum atomic E-state index is 12.0. The lowest BCUT2D eigenvalue weighted by atomic mass is 10.5. The first-order valence-corrected chi connectivity index (χ1v) is 7.30. The summed E-state index contributed by atoms with van der Waals surface area (Å²) in [6, 6.07) is 2.98. The molecular weight excluding hydrogens is 252 g/mol. The molecule has 102 valence electrons. The Balaban J connectivity index is 2.68. The minimum Gasteiger partial charge on any atom is -0.373 e. The fraction of sp³-hybridized carbons (Fsp3) is 0.545. The molecule has 1 aromatic heterocycles. The molecule has 0 atom stereocenters. The average molecular weight is 272 g/mol. The largest absolute Gasteiger partial charge is 0.373 e. The van der Waals surface area contributed by atoms with Crippen LogP contribution in [-0.2, 0) is 10.0 Å². The van der Waals surface area contributed by atoms with Crippen molar-refractivity contribution in [1.29, 1.82) is 0 Å². The van der Waals surface area contributed by atoms with Gasteiger partial charge in [-0.2, -0.15) is 0 Å². The van der Waals surface area contributed by atoms with Gasteiger partial charge in [-0.3, -0.25) is 0 Å². The fourth-order valence-corrected chi connectivity index (χ4v) is 2.36. The lowest BCUT2D eigenvalue weighted by Crippen LogP contribution is -2.32. The van der Waals surface area contributed by atoms with Crippen molar-refractivity contribution in [2.24, 2.45) is 0 Å². The van der Waals surface area contributed by atoms with Crippen LogP contribution in [0.1, 0.15) is 6.92 Å². The topological polar surface area (TPSA) is 74.3 Å². The highest BCUT2D eigenvalue weighted by atomic mass is 32.2. The van der Waals surface area contributed by atoms with E-state index in [-0.39, 0.29) is 4.90 Å². The molecule has 0 saturated carbocycles. The van der Waals surface area contributed by atoms with Gasteiger partial charge in [0, 0.05) is 32.4 Å². The van der Waals surface area contributed by atoms with Gasteiger partial charge < -0.3 is 10.2 Å². The predicted molar refractivity (Wildman–Crippen MR) is 72.1 cm³/mol. The quantitative estimate of drug-likeness (QED) is 0.749. The lowest BCUT2D eigenvalue weighted by molar-refractivity contribution is 0.358. The molecule has 2 N–H and O–H groups in total. The third-order valence-corrected chi connectivity index (χ3v) is 4.08. The second-order valence-electron chi connectivity index (χ2n) is 3.92. The van der Waals surface area contributed by atoms with E-state index >= 15 is 0 Å². The third kappa shape index (κ3) is 4.25. The van der Waals surface area contributed by atoms with Crippen LogP contribution in [-0.4, -0.2) is 52.0 Å². The van der Waals surface area contributed by atoms with E-state index in [1.54, 1.807) is 7.05 Å². The molecule has 7 heteroatoms. The molecule has 1 rings (SSSR count). The minimum absolute atomic E-state index is 0.223. The molecule has 0 aliphatic heterocycles. The summed E-state index contributed by atoms with van der Waals surface area (Å²) in [5, 5.41) is 2.81. The summed E-state index contributed by atoms with van der Waals surface area (Å²) in [6.07, 6.45) is 1.47. The van der Waals surface area contributed by atoms with Crippen molar-refractivity contribution in [1.82, 2.24) is 14.6 Å². The van der Waals surface area contributed by atoms with E-state index < -0.39 is 10.0 Å². The van der Waals surface area contributed by atoms with Gasteiger partial charge in [-0.1, -0.05) is 6.92 Å². The van der Waals surface area contributed by atoms with Crippen LogP contribution in [0.4, 0.5) is 5.82 Å². The van der Waals surface area contributed by atoms with Gasteiger partial charge in [0.15, 0.2) is 0 Å². The molecule has 0 spiro atoms. The number of anilines is 1. The van der Waals surface area contributed by atoms with E-state index in [0.717, 1.165) is 6.54 Å². The molecule has 0 bridgehead atoms. The molecule has 1 heterocycles. The highest BCUT2D eigenvalue weighted by molar-refractivity contribution is 7.89. The number of hydrogen-bond acceptors (Lipinski definition) is 5. The Morgan fingerprint density at radius 1 is 1.44 bits per heavy atom. The zero-order chi connectivity index (χ0) is 13.6.